The summed E-state index contributed by atoms with van der Waals surface area (Å²) in [4.78, 5) is 22.3. The van der Waals surface area contributed by atoms with Crippen LogP contribution in [-0.2, 0) is 9.59 Å². The van der Waals surface area contributed by atoms with Crippen molar-refractivity contribution in [3.63, 3.8) is 0 Å². The molecule has 0 aromatic carbocycles. The van der Waals surface area contributed by atoms with Crippen LogP contribution >= 0.6 is 0 Å². The van der Waals surface area contributed by atoms with Gasteiger partial charge < -0.3 is 15.5 Å². The molecule has 1 aliphatic carbocycles. The van der Waals surface area contributed by atoms with E-state index in [1.807, 2.05) is 6.92 Å². The van der Waals surface area contributed by atoms with Crippen LogP contribution in [0, 0.1) is 11.8 Å². The molecule has 0 heterocycles. The van der Waals surface area contributed by atoms with Crippen molar-refractivity contribution in [2.75, 3.05) is 6.54 Å². The zero-order chi connectivity index (χ0) is 13.1. The van der Waals surface area contributed by atoms with Crippen molar-refractivity contribution >= 4 is 11.9 Å². The molecule has 0 aromatic heterocycles. The van der Waals surface area contributed by atoms with E-state index in [2.05, 4.69) is 5.32 Å². The monoisotopic (exact) mass is 243 g/mol. The second-order valence-electron chi connectivity index (χ2n) is 5.30. The molecule has 1 aliphatic rings. The summed E-state index contributed by atoms with van der Waals surface area (Å²) in [5.74, 6) is -0.755. The van der Waals surface area contributed by atoms with Gasteiger partial charge in [-0.15, -0.1) is 0 Å². The van der Waals surface area contributed by atoms with Crippen molar-refractivity contribution in [2.24, 2.45) is 11.8 Å². The number of carbonyl (C=O) groups excluding carboxylic acids is 1. The normalized spacial score (nSPS) is 27.5. The van der Waals surface area contributed by atoms with E-state index in [1.54, 1.807) is 0 Å². The van der Waals surface area contributed by atoms with Crippen LogP contribution in [0.3, 0.4) is 0 Å². The number of amides is 1. The molecule has 1 saturated carbocycles. The lowest BCUT2D eigenvalue weighted by Gasteiger charge is -2.23. The first-order valence-corrected chi connectivity index (χ1v) is 6.04. The summed E-state index contributed by atoms with van der Waals surface area (Å²) < 4.78 is 0. The molecular formula is C12H21NO4. The molecule has 1 rings (SSSR count). The summed E-state index contributed by atoms with van der Waals surface area (Å²) in [6.07, 6.45) is 2.63. The van der Waals surface area contributed by atoms with Crippen LogP contribution in [0.25, 0.3) is 0 Å². The first-order chi connectivity index (χ1) is 7.82. The van der Waals surface area contributed by atoms with Crippen LogP contribution in [0.15, 0.2) is 0 Å². The maximum absolute atomic E-state index is 11.8. The van der Waals surface area contributed by atoms with Crippen molar-refractivity contribution in [1.82, 2.24) is 5.32 Å². The highest BCUT2D eigenvalue weighted by molar-refractivity contribution is 5.79. The van der Waals surface area contributed by atoms with Crippen LogP contribution in [-0.4, -0.2) is 34.2 Å². The molecule has 0 bridgehead atoms. The van der Waals surface area contributed by atoms with Gasteiger partial charge in [0.25, 0.3) is 0 Å². The Morgan fingerprint density at radius 2 is 2.06 bits per heavy atom. The fourth-order valence-electron chi connectivity index (χ4n) is 2.33. The lowest BCUT2D eigenvalue weighted by atomic mass is 9.96. The molecular weight excluding hydrogens is 222 g/mol. The predicted molar refractivity (Wildman–Crippen MR) is 62.4 cm³/mol. The lowest BCUT2D eigenvalue weighted by Crippen LogP contribution is -2.44. The summed E-state index contributed by atoms with van der Waals surface area (Å²) in [5, 5.41) is 21.0. The molecule has 0 spiro atoms. The Morgan fingerprint density at radius 3 is 2.53 bits per heavy atom. The number of hydrogen-bond acceptors (Lipinski definition) is 3. The molecule has 3 atom stereocenters. The van der Waals surface area contributed by atoms with E-state index < -0.39 is 11.6 Å². The van der Waals surface area contributed by atoms with Gasteiger partial charge in [0.05, 0.1) is 12.0 Å². The van der Waals surface area contributed by atoms with Crippen LogP contribution in [0.1, 0.15) is 39.5 Å². The molecule has 5 heteroatoms. The lowest BCUT2D eigenvalue weighted by molar-refractivity contribution is -0.142. The summed E-state index contributed by atoms with van der Waals surface area (Å²) in [5.41, 5.74) is -1.39. The third kappa shape index (κ3) is 4.34. The highest BCUT2D eigenvalue weighted by Gasteiger charge is 2.31. The van der Waals surface area contributed by atoms with Crippen molar-refractivity contribution in [3.05, 3.63) is 0 Å². The molecule has 1 amide bonds. The number of rotatable bonds is 5. The van der Waals surface area contributed by atoms with E-state index in [0.29, 0.717) is 5.92 Å². The average molecular weight is 243 g/mol. The second kappa shape index (κ2) is 5.49. The van der Waals surface area contributed by atoms with Gasteiger partial charge >= 0.3 is 5.97 Å². The quantitative estimate of drug-likeness (QED) is 0.665. The fraction of sp³-hybridized carbons (Fsp3) is 0.833. The smallest absolute Gasteiger partial charge is 0.306 e. The maximum Gasteiger partial charge on any atom is 0.306 e. The van der Waals surface area contributed by atoms with Gasteiger partial charge in [-0.2, -0.15) is 0 Å². The predicted octanol–water partition coefficient (Wildman–Crippen LogP) is 0.764. The van der Waals surface area contributed by atoms with E-state index in [0.717, 1.165) is 19.3 Å². The standard InChI is InChI=1S/C12H21NO4/c1-8-4-3-5-9(8)11(16)13-7-12(2,17)6-10(14)15/h8-9,17H,3-7H2,1-2H3,(H,13,16)(H,14,15). The molecule has 5 nitrogen and oxygen atoms in total. The van der Waals surface area contributed by atoms with Crippen LogP contribution in [0.5, 0.6) is 0 Å². The Hall–Kier alpha value is -1.10. The van der Waals surface area contributed by atoms with Gasteiger partial charge in [0.2, 0.25) is 5.91 Å². The number of nitrogens with one attached hydrogen (secondary N) is 1. The third-order valence-corrected chi connectivity index (χ3v) is 3.37. The number of carboxylic acid groups (broad SMARTS) is 1. The van der Waals surface area contributed by atoms with E-state index in [-0.39, 0.29) is 24.8 Å². The van der Waals surface area contributed by atoms with E-state index in [1.165, 1.54) is 6.92 Å². The van der Waals surface area contributed by atoms with Gasteiger partial charge in [0, 0.05) is 12.5 Å². The third-order valence-electron chi connectivity index (χ3n) is 3.37. The second-order valence-corrected chi connectivity index (χ2v) is 5.30. The minimum atomic E-state index is -1.39. The highest BCUT2D eigenvalue weighted by Crippen LogP contribution is 2.31. The Labute approximate surface area is 101 Å². The van der Waals surface area contributed by atoms with Crippen molar-refractivity contribution in [2.45, 2.75) is 45.1 Å². The van der Waals surface area contributed by atoms with Crippen molar-refractivity contribution in [3.8, 4) is 0 Å². The van der Waals surface area contributed by atoms with Gasteiger partial charge in [0.15, 0.2) is 0 Å². The minimum Gasteiger partial charge on any atom is -0.481 e. The number of aliphatic carboxylic acids is 1. The Kier molecular flexibility index (Phi) is 4.51. The van der Waals surface area contributed by atoms with E-state index in [9.17, 15) is 14.7 Å². The molecule has 3 unspecified atom stereocenters. The zero-order valence-corrected chi connectivity index (χ0v) is 10.4. The zero-order valence-electron chi connectivity index (χ0n) is 10.4. The molecule has 0 radical (unpaired) electrons. The number of carboxylic acids is 1. The SMILES string of the molecule is CC1CCCC1C(=O)NCC(C)(O)CC(=O)O. The van der Waals surface area contributed by atoms with Crippen molar-refractivity contribution in [1.29, 1.82) is 0 Å². The Morgan fingerprint density at radius 1 is 1.41 bits per heavy atom. The molecule has 0 aliphatic heterocycles. The fourth-order valence-corrected chi connectivity index (χ4v) is 2.33. The topological polar surface area (TPSA) is 86.6 Å². The molecule has 98 valence electrons. The number of hydrogen-bond donors (Lipinski definition) is 3. The largest absolute Gasteiger partial charge is 0.481 e. The molecule has 0 saturated heterocycles. The summed E-state index contributed by atoms with van der Waals surface area (Å²) in [6.45, 7) is 3.45. The van der Waals surface area contributed by atoms with E-state index in [4.69, 9.17) is 5.11 Å². The van der Waals surface area contributed by atoms with Crippen LogP contribution in [0.4, 0.5) is 0 Å². The maximum atomic E-state index is 11.8. The molecule has 1 fully saturated rings. The highest BCUT2D eigenvalue weighted by atomic mass is 16.4. The van der Waals surface area contributed by atoms with Gasteiger partial charge in [-0.05, 0) is 25.7 Å². The van der Waals surface area contributed by atoms with Crippen LogP contribution < -0.4 is 5.32 Å². The van der Waals surface area contributed by atoms with E-state index >= 15 is 0 Å². The summed E-state index contributed by atoms with van der Waals surface area (Å²) in [7, 11) is 0. The average Bonchev–Trinajstić information content (AvgIpc) is 2.59. The van der Waals surface area contributed by atoms with Gasteiger partial charge in [-0.1, -0.05) is 13.3 Å². The molecule has 0 aromatic rings. The number of carbonyl (C=O) groups is 2. The van der Waals surface area contributed by atoms with Gasteiger partial charge in [-0.25, -0.2) is 0 Å². The Balaban J connectivity index is 2.39. The Bertz CT molecular complexity index is 301. The minimum absolute atomic E-state index is 0.00984. The first kappa shape index (κ1) is 14.0. The molecule has 17 heavy (non-hydrogen) atoms. The molecule has 3 N–H and O–H groups in total. The van der Waals surface area contributed by atoms with Gasteiger partial charge in [0.1, 0.15) is 0 Å². The number of aliphatic hydroxyl groups is 1. The van der Waals surface area contributed by atoms with Crippen molar-refractivity contribution < 1.29 is 19.8 Å². The first-order valence-electron chi connectivity index (χ1n) is 6.04. The summed E-state index contributed by atoms with van der Waals surface area (Å²) >= 11 is 0. The summed E-state index contributed by atoms with van der Waals surface area (Å²) in [6, 6.07) is 0. The van der Waals surface area contributed by atoms with Gasteiger partial charge in [-0.3, -0.25) is 9.59 Å². The van der Waals surface area contributed by atoms with Crippen LogP contribution in [0.2, 0.25) is 0 Å².